The molecule has 0 aliphatic heterocycles. The average Bonchev–Trinajstić information content (AvgIpc) is 2.74. The van der Waals surface area contributed by atoms with E-state index in [0.717, 1.165) is 21.2 Å². The Hall–Kier alpha value is -1.61. The van der Waals surface area contributed by atoms with Crippen molar-refractivity contribution in [2.24, 2.45) is 0 Å². The highest BCUT2D eigenvalue weighted by molar-refractivity contribution is 9.10. The molecule has 0 radical (unpaired) electrons. The Bertz CT molecular complexity index is 920. The number of aromatic nitrogens is 2. The Morgan fingerprint density at radius 1 is 1.25 bits per heavy atom. The van der Waals surface area contributed by atoms with Crippen LogP contribution >= 0.6 is 39.7 Å². The van der Waals surface area contributed by atoms with Gasteiger partial charge < -0.3 is 4.98 Å². The van der Waals surface area contributed by atoms with Crippen LogP contribution in [0.2, 0.25) is 5.02 Å². The highest BCUT2D eigenvalue weighted by Crippen LogP contribution is 2.28. The first kappa shape index (κ1) is 13.4. The van der Waals surface area contributed by atoms with E-state index in [9.17, 15) is 0 Å². The smallest absolute Gasteiger partial charge is 0.182 e. The SMILES string of the molecule is N#Cc1ccc(-n2c(=S)[nH]c3ccc(Br)cc32)c(Cl)c1. The van der Waals surface area contributed by atoms with Gasteiger partial charge in [0.1, 0.15) is 0 Å². The third-order valence-corrected chi connectivity index (χ3v) is 4.04. The fraction of sp³-hybridized carbons (Fsp3) is 0. The predicted octanol–water partition coefficient (Wildman–Crippen LogP) is 4.98. The molecular formula is C14H7BrClN3S. The number of halogens is 2. The molecule has 1 aromatic heterocycles. The standard InChI is InChI=1S/C14H7BrClN3S/c15-9-2-3-11-13(6-9)19(14(20)18-11)12-4-1-8(7-17)5-10(12)16/h1-6H,(H,18,20). The first-order valence-corrected chi connectivity index (χ1v) is 7.28. The highest BCUT2D eigenvalue weighted by Gasteiger charge is 2.10. The van der Waals surface area contributed by atoms with Gasteiger partial charge in [0.15, 0.2) is 4.77 Å². The summed E-state index contributed by atoms with van der Waals surface area (Å²) in [5.74, 6) is 0. The third-order valence-electron chi connectivity index (χ3n) is 2.96. The van der Waals surface area contributed by atoms with Crippen LogP contribution in [0.1, 0.15) is 5.56 Å². The van der Waals surface area contributed by atoms with Gasteiger partial charge in [-0.15, -0.1) is 0 Å². The van der Waals surface area contributed by atoms with E-state index < -0.39 is 0 Å². The summed E-state index contributed by atoms with van der Waals surface area (Å²) >= 11 is 15.1. The Kier molecular flexibility index (Phi) is 3.38. The molecule has 3 rings (SSSR count). The summed E-state index contributed by atoms with van der Waals surface area (Å²) in [5, 5.41) is 9.38. The van der Waals surface area contributed by atoms with E-state index in [1.165, 1.54) is 0 Å². The number of nitrogens with one attached hydrogen (secondary N) is 1. The van der Waals surface area contributed by atoms with Gasteiger partial charge in [0.05, 0.1) is 33.4 Å². The summed E-state index contributed by atoms with van der Waals surface area (Å²) in [5.41, 5.74) is 3.13. The second kappa shape index (κ2) is 5.06. The molecule has 0 atom stereocenters. The number of nitrogens with zero attached hydrogens (tertiary/aromatic N) is 2. The van der Waals surface area contributed by atoms with E-state index in [0.29, 0.717) is 15.4 Å². The Labute approximate surface area is 133 Å². The van der Waals surface area contributed by atoms with Crippen LogP contribution in [-0.4, -0.2) is 9.55 Å². The Morgan fingerprint density at radius 2 is 2.05 bits per heavy atom. The van der Waals surface area contributed by atoms with Crippen LogP contribution in [0, 0.1) is 16.1 Å². The lowest BCUT2D eigenvalue weighted by Crippen LogP contribution is -1.95. The van der Waals surface area contributed by atoms with E-state index in [2.05, 4.69) is 27.0 Å². The van der Waals surface area contributed by atoms with Crippen LogP contribution in [0.4, 0.5) is 0 Å². The number of rotatable bonds is 1. The molecular weight excluding hydrogens is 358 g/mol. The molecule has 3 nitrogen and oxygen atoms in total. The molecule has 20 heavy (non-hydrogen) atoms. The molecule has 0 bridgehead atoms. The number of H-pyrrole nitrogens is 1. The molecule has 0 aliphatic rings. The molecule has 98 valence electrons. The number of aromatic amines is 1. The van der Waals surface area contributed by atoms with Gasteiger partial charge in [-0.3, -0.25) is 4.57 Å². The zero-order valence-corrected chi connectivity index (χ0v) is 13.2. The van der Waals surface area contributed by atoms with Crippen LogP contribution in [-0.2, 0) is 0 Å². The quantitative estimate of drug-likeness (QED) is 0.619. The molecule has 3 aromatic rings. The van der Waals surface area contributed by atoms with Crippen LogP contribution in [0.25, 0.3) is 16.7 Å². The van der Waals surface area contributed by atoms with Crippen molar-refractivity contribution < 1.29 is 0 Å². The minimum atomic E-state index is 0.487. The lowest BCUT2D eigenvalue weighted by Gasteiger charge is -2.07. The molecule has 6 heteroatoms. The minimum Gasteiger partial charge on any atom is -0.330 e. The van der Waals surface area contributed by atoms with Gasteiger partial charge in [-0.1, -0.05) is 27.5 Å². The highest BCUT2D eigenvalue weighted by atomic mass is 79.9. The zero-order valence-electron chi connectivity index (χ0n) is 10.0. The summed E-state index contributed by atoms with van der Waals surface area (Å²) in [6.07, 6.45) is 0. The van der Waals surface area contributed by atoms with Crippen LogP contribution in [0.3, 0.4) is 0 Å². The average molecular weight is 365 g/mol. The normalized spacial score (nSPS) is 10.7. The largest absolute Gasteiger partial charge is 0.330 e. The summed E-state index contributed by atoms with van der Waals surface area (Å²) in [6, 6.07) is 13.1. The monoisotopic (exact) mass is 363 g/mol. The van der Waals surface area contributed by atoms with Crippen molar-refractivity contribution in [2.45, 2.75) is 0 Å². The first-order valence-electron chi connectivity index (χ1n) is 5.70. The summed E-state index contributed by atoms with van der Waals surface area (Å²) in [7, 11) is 0. The van der Waals surface area contributed by atoms with E-state index in [1.807, 2.05) is 22.8 Å². The molecule has 0 saturated carbocycles. The first-order chi connectivity index (χ1) is 9.60. The lowest BCUT2D eigenvalue weighted by molar-refractivity contribution is 1.06. The van der Waals surface area contributed by atoms with Gasteiger partial charge in [-0.05, 0) is 48.6 Å². The number of nitriles is 1. The fourth-order valence-electron chi connectivity index (χ4n) is 2.07. The molecule has 1 heterocycles. The van der Waals surface area contributed by atoms with Gasteiger partial charge in [-0.25, -0.2) is 0 Å². The van der Waals surface area contributed by atoms with Crippen molar-refractivity contribution in [3.8, 4) is 11.8 Å². The molecule has 0 amide bonds. The predicted molar refractivity (Wildman–Crippen MR) is 85.9 cm³/mol. The zero-order chi connectivity index (χ0) is 14.3. The Balaban J connectivity index is 2.35. The van der Waals surface area contributed by atoms with Crippen molar-refractivity contribution in [1.29, 1.82) is 5.26 Å². The van der Waals surface area contributed by atoms with Gasteiger partial charge in [0.2, 0.25) is 0 Å². The topological polar surface area (TPSA) is 44.5 Å². The van der Waals surface area contributed by atoms with E-state index in [1.54, 1.807) is 18.2 Å². The van der Waals surface area contributed by atoms with Gasteiger partial charge >= 0.3 is 0 Å². The van der Waals surface area contributed by atoms with Crippen molar-refractivity contribution in [3.05, 3.63) is 56.2 Å². The molecule has 1 N–H and O–H groups in total. The van der Waals surface area contributed by atoms with Crippen LogP contribution in [0.15, 0.2) is 40.9 Å². The molecule has 0 spiro atoms. The maximum absolute atomic E-state index is 8.90. The molecule has 0 fully saturated rings. The fourth-order valence-corrected chi connectivity index (χ4v) is 2.99. The number of benzene rings is 2. The van der Waals surface area contributed by atoms with Crippen molar-refractivity contribution >= 4 is 50.8 Å². The lowest BCUT2D eigenvalue weighted by atomic mass is 10.2. The number of hydrogen-bond acceptors (Lipinski definition) is 2. The van der Waals surface area contributed by atoms with Crippen LogP contribution < -0.4 is 0 Å². The maximum atomic E-state index is 8.90. The third kappa shape index (κ3) is 2.16. The number of fused-ring (bicyclic) bond motifs is 1. The molecule has 0 aliphatic carbocycles. The summed E-state index contributed by atoms with van der Waals surface area (Å²) < 4.78 is 3.38. The van der Waals surface area contributed by atoms with Gasteiger partial charge in [-0.2, -0.15) is 5.26 Å². The summed E-state index contributed by atoms with van der Waals surface area (Å²) in [4.78, 5) is 3.14. The van der Waals surface area contributed by atoms with E-state index >= 15 is 0 Å². The van der Waals surface area contributed by atoms with E-state index in [4.69, 9.17) is 29.1 Å². The van der Waals surface area contributed by atoms with Crippen molar-refractivity contribution in [2.75, 3.05) is 0 Å². The number of hydrogen-bond donors (Lipinski definition) is 1. The minimum absolute atomic E-state index is 0.487. The maximum Gasteiger partial charge on any atom is 0.182 e. The summed E-state index contributed by atoms with van der Waals surface area (Å²) in [6.45, 7) is 0. The van der Waals surface area contributed by atoms with Crippen molar-refractivity contribution in [3.63, 3.8) is 0 Å². The van der Waals surface area contributed by atoms with Gasteiger partial charge in [0.25, 0.3) is 0 Å². The van der Waals surface area contributed by atoms with Crippen LogP contribution in [0.5, 0.6) is 0 Å². The molecule has 2 aromatic carbocycles. The molecule has 0 unspecified atom stereocenters. The van der Waals surface area contributed by atoms with E-state index in [-0.39, 0.29) is 0 Å². The number of imidazole rings is 1. The van der Waals surface area contributed by atoms with Crippen molar-refractivity contribution in [1.82, 2.24) is 9.55 Å². The van der Waals surface area contributed by atoms with Gasteiger partial charge in [0, 0.05) is 4.47 Å². The Morgan fingerprint density at radius 3 is 2.75 bits per heavy atom. The second-order valence-electron chi connectivity index (χ2n) is 4.21. The second-order valence-corrected chi connectivity index (χ2v) is 5.91. The molecule has 0 saturated heterocycles.